The van der Waals surface area contributed by atoms with Crippen molar-refractivity contribution in [3.05, 3.63) is 28.2 Å². The van der Waals surface area contributed by atoms with Crippen LogP contribution in [-0.4, -0.2) is 47.5 Å². The smallest absolute Gasteiger partial charge is 0.266 e. The van der Waals surface area contributed by atoms with E-state index in [1.54, 1.807) is 24.1 Å². The van der Waals surface area contributed by atoms with Crippen molar-refractivity contribution in [1.29, 1.82) is 0 Å². The van der Waals surface area contributed by atoms with Crippen molar-refractivity contribution >= 4 is 48.7 Å². The summed E-state index contributed by atoms with van der Waals surface area (Å²) in [6.07, 6.45) is 1.90. The molecule has 0 bridgehead atoms. The van der Waals surface area contributed by atoms with Gasteiger partial charge < -0.3 is 15.8 Å². The molecule has 0 aromatic carbocycles. The van der Waals surface area contributed by atoms with E-state index in [1.165, 1.54) is 11.3 Å². The summed E-state index contributed by atoms with van der Waals surface area (Å²) in [4.78, 5) is 23.8. The van der Waals surface area contributed by atoms with E-state index in [1.807, 2.05) is 12.3 Å². The van der Waals surface area contributed by atoms with Gasteiger partial charge in [-0.15, -0.1) is 20.2 Å². The van der Waals surface area contributed by atoms with Crippen LogP contribution in [0.25, 0.3) is 0 Å². The Morgan fingerprint density at radius 3 is 2.85 bits per heavy atom. The lowest BCUT2D eigenvalue weighted by Gasteiger charge is -2.23. The fourth-order valence-corrected chi connectivity index (χ4v) is 3.59. The lowest BCUT2D eigenvalue weighted by molar-refractivity contribution is -0.112. The molecule has 138 valence electrons. The number of aromatic nitrogens is 2. The van der Waals surface area contributed by atoms with Crippen LogP contribution in [0.4, 0.5) is 17.3 Å². The molecule has 1 aliphatic carbocycles. The molecule has 9 heteroatoms. The number of nitrogen functional groups attached to an aromatic ring is 1. The number of nitrogens with zero attached hydrogens (tertiary/aromatic N) is 3. The normalized spacial score (nSPS) is 13.5. The molecule has 2 heterocycles. The standard InChI is InChI=1S/C17H22N5O2PS/c1-10-9-26-16(20-10)15(25)17(23)22(12-3-4-12)14-8-11(18)7-13(21-14)19-5-6-24-2/h7-9,12,25H,3-6H2,1-2H3,(H3,18,19,21). The zero-order valence-corrected chi connectivity index (χ0v) is 16.6. The highest BCUT2D eigenvalue weighted by atomic mass is 32.1. The first kappa shape index (κ1) is 18.8. The fourth-order valence-electron chi connectivity index (χ4n) is 2.50. The number of rotatable bonds is 8. The molecule has 1 saturated carbocycles. The number of carbonyl (C=O) groups excluding carboxylic acids is 1. The van der Waals surface area contributed by atoms with Crippen LogP contribution in [0.5, 0.6) is 0 Å². The number of carbonyl (C=O) groups is 1. The minimum absolute atomic E-state index is 0.135. The Morgan fingerprint density at radius 1 is 1.46 bits per heavy atom. The Labute approximate surface area is 158 Å². The summed E-state index contributed by atoms with van der Waals surface area (Å²) >= 11 is 1.43. The van der Waals surface area contributed by atoms with E-state index in [-0.39, 0.29) is 11.9 Å². The number of thiazole rings is 1. The lowest BCUT2D eigenvalue weighted by atomic mass is 10.3. The van der Waals surface area contributed by atoms with Crippen molar-refractivity contribution < 1.29 is 9.53 Å². The van der Waals surface area contributed by atoms with Crippen LogP contribution in [0.2, 0.25) is 0 Å². The van der Waals surface area contributed by atoms with Crippen molar-refractivity contribution in [2.75, 3.05) is 36.2 Å². The van der Waals surface area contributed by atoms with Gasteiger partial charge in [0.1, 0.15) is 16.6 Å². The second kappa shape index (κ2) is 8.12. The van der Waals surface area contributed by atoms with Crippen LogP contribution < -0.4 is 16.0 Å². The van der Waals surface area contributed by atoms with E-state index in [2.05, 4.69) is 24.1 Å². The Bertz CT molecular complexity index is 821. The van der Waals surface area contributed by atoms with Crippen molar-refractivity contribution in [1.82, 2.24) is 9.97 Å². The molecular formula is C17H22N5O2PS. The summed E-state index contributed by atoms with van der Waals surface area (Å²) in [5.74, 6) is 1.01. The highest BCUT2D eigenvalue weighted by Gasteiger charge is 2.36. The van der Waals surface area contributed by atoms with E-state index in [4.69, 9.17) is 10.5 Å². The molecule has 26 heavy (non-hydrogen) atoms. The number of hydrogen-bond donors (Lipinski definition) is 2. The van der Waals surface area contributed by atoms with Gasteiger partial charge in [-0.2, -0.15) is 0 Å². The van der Waals surface area contributed by atoms with Gasteiger partial charge in [0.2, 0.25) is 0 Å². The van der Waals surface area contributed by atoms with Crippen LogP contribution in [0.1, 0.15) is 23.5 Å². The molecule has 0 aliphatic heterocycles. The average molecular weight is 391 g/mol. The third kappa shape index (κ3) is 4.38. The molecule has 0 saturated heterocycles. The number of methoxy groups -OCH3 is 1. The molecule has 7 nitrogen and oxygen atoms in total. The summed E-state index contributed by atoms with van der Waals surface area (Å²) in [7, 11) is 5.13. The van der Waals surface area contributed by atoms with Gasteiger partial charge in [-0.05, 0) is 19.8 Å². The van der Waals surface area contributed by atoms with E-state index in [9.17, 15) is 4.79 Å². The van der Waals surface area contributed by atoms with Gasteiger partial charge >= 0.3 is 0 Å². The van der Waals surface area contributed by atoms with Crippen LogP contribution in [-0.2, 0) is 9.53 Å². The predicted molar refractivity (Wildman–Crippen MR) is 109 cm³/mol. The van der Waals surface area contributed by atoms with Crippen molar-refractivity contribution in [2.24, 2.45) is 0 Å². The monoisotopic (exact) mass is 391 g/mol. The number of nitrogens with one attached hydrogen (secondary N) is 1. The molecular weight excluding hydrogens is 369 g/mol. The van der Waals surface area contributed by atoms with Gasteiger partial charge in [-0.3, -0.25) is 9.69 Å². The Hall–Kier alpha value is -2.02. The fraction of sp³-hybridized carbons (Fsp3) is 0.412. The molecule has 0 atom stereocenters. The summed E-state index contributed by atoms with van der Waals surface area (Å²) in [5.41, 5.74) is 7.47. The van der Waals surface area contributed by atoms with Crippen LogP contribution in [0.3, 0.4) is 0 Å². The topological polar surface area (TPSA) is 93.4 Å². The minimum Gasteiger partial charge on any atom is -0.399 e. The number of ether oxygens (including phenoxy) is 1. The SMILES string of the molecule is COCCNc1cc(N)cc(N(C(=O)C(=P)c2nc(C)cs2)C2CC2)n1. The zero-order valence-electron chi connectivity index (χ0n) is 14.8. The third-order valence-corrected chi connectivity index (χ3v) is 5.48. The lowest BCUT2D eigenvalue weighted by Crippen LogP contribution is -2.38. The zero-order chi connectivity index (χ0) is 18.7. The molecule has 1 aliphatic rings. The molecule has 1 amide bonds. The molecule has 3 N–H and O–H groups in total. The predicted octanol–water partition coefficient (Wildman–Crippen LogP) is 2.35. The highest BCUT2D eigenvalue weighted by Crippen LogP contribution is 2.33. The van der Waals surface area contributed by atoms with E-state index < -0.39 is 0 Å². The first-order chi connectivity index (χ1) is 12.5. The van der Waals surface area contributed by atoms with Gasteiger partial charge in [0.25, 0.3) is 5.91 Å². The van der Waals surface area contributed by atoms with E-state index in [0.717, 1.165) is 18.5 Å². The van der Waals surface area contributed by atoms with Gasteiger partial charge in [0, 0.05) is 48.6 Å². The van der Waals surface area contributed by atoms with Crippen LogP contribution in [0, 0.1) is 6.92 Å². The molecule has 0 unspecified atom stereocenters. The number of amides is 1. The number of anilines is 3. The quantitative estimate of drug-likeness (QED) is 0.530. The van der Waals surface area contributed by atoms with Gasteiger partial charge in [-0.25, -0.2) is 9.97 Å². The van der Waals surface area contributed by atoms with Gasteiger partial charge in [-0.1, -0.05) is 0 Å². The summed E-state index contributed by atoms with van der Waals surface area (Å²) in [6, 6.07) is 3.61. The van der Waals surface area contributed by atoms with Crippen LogP contribution >= 0.6 is 20.2 Å². The summed E-state index contributed by atoms with van der Waals surface area (Å²) in [5, 5.41) is 6.18. The Morgan fingerprint density at radius 2 is 2.23 bits per heavy atom. The first-order valence-corrected chi connectivity index (χ1v) is 9.72. The van der Waals surface area contributed by atoms with E-state index in [0.29, 0.717) is 40.8 Å². The third-order valence-electron chi connectivity index (χ3n) is 3.87. The van der Waals surface area contributed by atoms with Crippen molar-refractivity contribution in [2.45, 2.75) is 25.8 Å². The average Bonchev–Trinajstić information content (AvgIpc) is 3.34. The number of aryl methyl sites for hydroxylation is 1. The van der Waals surface area contributed by atoms with E-state index >= 15 is 0 Å². The van der Waals surface area contributed by atoms with Crippen molar-refractivity contribution in [3.63, 3.8) is 0 Å². The molecule has 0 spiro atoms. The first-order valence-electron chi connectivity index (χ1n) is 8.34. The summed E-state index contributed by atoms with van der Waals surface area (Å²) < 4.78 is 5.04. The van der Waals surface area contributed by atoms with Crippen molar-refractivity contribution in [3.8, 4) is 0 Å². The largest absolute Gasteiger partial charge is 0.399 e. The number of hydrogen-bond acceptors (Lipinski definition) is 7. The second-order valence-corrected chi connectivity index (χ2v) is 7.50. The Kier molecular flexibility index (Phi) is 5.86. The second-order valence-electron chi connectivity index (χ2n) is 6.14. The Balaban J connectivity index is 1.85. The molecule has 2 aromatic rings. The number of nitrogens with two attached hydrogens (primary N) is 1. The molecule has 3 rings (SSSR count). The van der Waals surface area contributed by atoms with Gasteiger partial charge in [0.05, 0.1) is 11.9 Å². The maximum Gasteiger partial charge on any atom is 0.266 e. The minimum atomic E-state index is -0.153. The maximum absolute atomic E-state index is 13.1. The molecule has 2 aromatic heterocycles. The molecule has 1 fully saturated rings. The van der Waals surface area contributed by atoms with Gasteiger partial charge in [0.15, 0.2) is 0 Å². The van der Waals surface area contributed by atoms with Crippen LogP contribution in [0.15, 0.2) is 17.5 Å². The number of pyridine rings is 1. The highest BCUT2D eigenvalue weighted by molar-refractivity contribution is 7.30. The maximum atomic E-state index is 13.1. The molecule has 0 radical (unpaired) electrons. The summed E-state index contributed by atoms with van der Waals surface area (Å²) in [6.45, 7) is 3.07.